The predicted octanol–water partition coefficient (Wildman–Crippen LogP) is 1.80. The molecule has 0 spiro atoms. The molecule has 5 N–H and O–H groups in total. The number of esters is 1. The minimum atomic E-state index is -0.350. The smallest absolute Gasteiger partial charge is 0.341 e. The van der Waals surface area contributed by atoms with E-state index in [1.807, 2.05) is 23.5 Å². The Balaban J connectivity index is 1.73. The van der Waals surface area contributed by atoms with Crippen molar-refractivity contribution in [2.75, 3.05) is 25.0 Å². The summed E-state index contributed by atoms with van der Waals surface area (Å²) >= 11 is 1.51. The average Bonchev–Trinajstić information content (AvgIpc) is 3.03. The molecule has 1 amide bonds. The van der Waals surface area contributed by atoms with Crippen LogP contribution in [0.15, 0.2) is 30.3 Å². The summed E-state index contributed by atoms with van der Waals surface area (Å²) in [4.78, 5) is 26.6. The largest absolute Gasteiger partial charge is 0.462 e. The topological polar surface area (TPSA) is 88.6 Å². The molecule has 0 bridgehead atoms. The molecule has 1 aromatic heterocycles. The number of quaternary nitrogens is 2. The zero-order valence-electron chi connectivity index (χ0n) is 19.2. The second kappa shape index (κ2) is 9.51. The minimum Gasteiger partial charge on any atom is -0.462 e. The van der Waals surface area contributed by atoms with E-state index in [1.165, 1.54) is 16.9 Å². The molecule has 0 radical (unpaired) electrons. The molecular formula is C24H35N3O3S+2. The molecule has 1 aliphatic heterocycles. The van der Waals surface area contributed by atoms with Crippen molar-refractivity contribution < 1.29 is 25.0 Å². The van der Waals surface area contributed by atoms with Crippen molar-refractivity contribution in [3.05, 3.63) is 51.9 Å². The lowest BCUT2D eigenvalue weighted by molar-refractivity contribution is -0.789. The maximum Gasteiger partial charge on any atom is 0.341 e. The van der Waals surface area contributed by atoms with E-state index >= 15 is 0 Å². The van der Waals surface area contributed by atoms with Gasteiger partial charge in [0.05, 0.1) is 29.1 Å². The Bertz CT molecular complexity index is 935. The molecule has 0 unspecified atom stereocenters. The third-order valence-corrected chi connectivity index (χ3v) is 7.01. The first kappa shape index (κ1) is 23.4. The van der Waals surface area contributed by atoms with E-state index in [4.69, 9.17) is 4.74 Å². The van der Waals surface area contributed by atoms with E-state index in [1.54, 1.807) is 6.92 Å². The Morgan fingerprint density at radius 1 is 1.19 bits per heavy atom. The van der Waals surface area contributed by atoms with Crippen molar-refractivity contribution >= 4 is 28.2 Å². The average molecular weight is 446 g/mol. The van der Waals surface area contributed by atoms with Crippen molar-refractivity contribution in [3.8, 4) is 0 Å². The van der Waals surface area contributed by atoms with E-state index in [0.717, 1.165) is 29.8 Å². The number of hydrogen-bond acceptors (Lipinski definition) is 4. The lowest BCUT2D eigenvalue weighted by atomic mass is 9.81. The van der Waals surface area contributed by atoms with Crippen LogP contribution in [-0.4, -0.2) is 37.1 Å². The van der Waals surface area contributed by atoms with Gasteiger partial charge in [0.2, 0.25) is 0 Å². The fourth-order valence-electron chi connectivity index (χ4n) is 4.53. The number of benzene rings is 1. The zero-order chi connectivity index (χ0) is 22.6. The molecule has 0 aliphatic carbocycles. The molecule has 0 saturated carbocycles. The van der Waals surface area contributed by atoms with E-state index in [-0.39, 0.29) is 23.0 Å². The fourth-order valence-corrected chi connectivity index (χ4v) is 5.83. The van der Waals surface area contributed by atoms with Crippen molar-refractivity contribution in [1.82, 2.24) is 0 Å². The number of ether oxygens (including phenoxy) is 1. The Hall–Kier alpha value is -2.22. The van der Waals surface area contributed by atoms with Crippen LogP contribution in [0.2, 0.25) is 0 Å². The highest BCUT2D eigenvalue weighted by molar-refractivity contribution is 7.17. The third kappa shape index (κ3) is 5.73. The molecule has 1 aliphatic rings. The first-order valence-corrected chi connectivity index (χ1v) is 11.8. The highest BCUT2D eigenvalue weighted by Gasteiger charge is 2.45. The van der Waals surface area contributed by atoms with Crippen LogP contribution < -0.4 is 16.0 Å². The second-order valence-electron chi connectivity index (χ2n) is 9.43. The van der Waals surface area contributed by atoms with Gasteiger partial charge in [-0.15, -0.1) is 11.3 Å². The van der Waals surface area contributed by atoms with E-state index < -0.39 is 0 Å². The van der Waals surface area contributed by atoms with Gasteiger partial charge in [-0.1, -0.05) is 30.3 Å². The summed E-state index contributed by atoms with van der Waals surface area (Å²) in [5, 5.41) is 7.96. The van der Waals surface area contributed by atoms with Gasteiger partial charge >= 0.3 is 5.97 Å². The summed E-state index contributed by atoms with van der Waals surface area (Å²) in [7, 11) is 0. The number of thiophene rings is 1. The van der Waals surface area contributed by atoms with Crippen LogP contribution >= 0.6 is 11.3 Å². The van der Waals surface area contributed by atoms with Crippen molar-refractivity contribution in [3.63, 3.8) is 0 Å². The summed E-state index contributed by atoms with van der Waals surface area (Å²) in [6.45, 7) is 12.0. The number of nitrogens with one attached hydrogen (secondary N) is 1. The highest BCUT2D eigenvalue weighted by Crippen LogP contribution is 2.42. The number of anilines is 1. The maximum absolute atomic E-state index is 12.8. The van der Waals surface area contributed by atoms with Crippen LogP contribution in [0.1, 0.15) is 61.0 Å². The monoisotopic (exact) mass is 445 g/mol. The first-order chi connectivity index (χ1) is 14.6. The van der Waals surface area contributed by atoms with Crippen LogP contribution in [-0.2, 0) is 27.9 Å². The molecule has 0 fully saturated rings. The summed E-state index contributed by atoms with van der Waals surface area (Å²) < 4.78 is 5.36. The van der Waals surface area contributed by atoms with Crippen LogP contribution in [0.4, 0.5) is 5.00 Å². The molecule has 2 aromatic rings. The van der Waals surface area contributed by atoms with Gasteiger partial charge in [-0.3, -0.25) is 4.79 Å². The molecule has 1 aromatic carbocycles. The minimum absolute atomic E-state index is 0.0364. The highest BCUT2D eigenvalue weighted by atomic mass is 32.1. The first-order valence-electron chi connectivity index (χ1n) is 11.0. The van der Waals surface area contributed by atoms with Crippen LogP contribution in [0.25, 0.3) is 0 Å². The molecule has 0 atom stereocenters. The Labute approximate surface area is 188 Å². The van der Waals surface area contributed by atoms with Gasteiger partial charge in [0.25, 0.3) is 5.91 Å². The fraction of sp³-hybridized carbons (Fsp3) is 0.500. The predicted molar refractivity (Wildman–Crippen MR) is 123 cm³/mol. The number of hydrogen-bond donors (Lipinski definition) is 3. The van der Waals surface area contributed by atoms with Crippen LogP contribution in [0, 0.1) is 0 Å². The quantitative estimate of drug-likeness (QED) is 0.428. The summed E-state index contributed by atoms with van der Waals surface area (Å²) in [6.07, 6.45) is 1.67. The molecule has 2 heterocycles. The SMILES string of the molecule is CCOC(=O)c1c(NC(=O)C[NH2+]CCc2ccccc2)sc2c1CC(C)(C)[NH2+]C2(C)C. The molecule has 168 valence electrons. The molecule has 3 rings (SSSR count). The van der Waals surface area contributed by atoms with Crippen molar-refractivity contribution in [2.24, 2.45) is 0 Å². The standard InChI is InChI=1S/C24H33N3O3S/c1-6-30-22(29)19-17-14-23(2,3)27-24(4,5)20(17)31-21(19)26-18(28)15-25-13-12-16-10-8-7-9-11-16/h7-11,25,27H,6,12-15H2,1-5H3,(H,26,28)/p+2. The number of nitrogens with two attached hydrogens (primary N) is 2. The lowest BCUT2D eigenvalue weighted by Gasteiger charge is -2.38. The lowest BCUT2D eigenvalue weighted by Crippen LogP contribution is -3.03. The van der Waals surface area contributed by atoms with Crippen LogP contribution in [0.5, 0.6) is 0 Å². The van der Waals surface area contributed by atoms with Gasteiger partial charge in [0.1, 0.15) is 10.5 Å². The van der Waals surface area contributed by atoms with Gasteiger partial charge in [0, 0.05) is 12.8 Å². The Kier molecular flexibility index (Phi) is 7.19. The summed E-state index contributed by atoms with van der Waals surface area (Å²) in [5.74, 6) is -0.449. The third-order valence-electron chi connectivity index (χ3n) is 5.52. The van der Waals surface area contributed by atoms with Gasteiger partial charge in [-0.25, -0.2) is 4.79 Å². The normalized spacial score (nSPS) is 16.4. The van der Waals surface area contributed by atoms with Gasteiger partial charge in [0.15, 0.2) is 6.54 Å². The molecule has 6 nitrogen and oxygen atoms in total. The molecule has 31 heavy (non-hydrogen) atoms. The Morgan fingerprint density at radius 3 is 2.58 bits per heavy atom. The summed E-state index contributed by atoms with van der Waals surface area (Å²) in [5.41, 5.74) is 2.60. The van der Waals surface area contributed by atoms with Crippen molar-refractivity contribution in [1.29, 1.82) is 0 Å². The van der Waals surface area contributed by atoms with Gasteiger partial charge < -0.3 is 20.7 Å². The molecule has 7 heteroatoms. The van der Waals surface area contributed by atoms with E-state index in [2.05, 4.69) is 50.5 Å². The molecule has 0 saturated heterocycles. The summed E-state index contributed by atoms with van der Waals surface area (Å²) in [6, 6.07) is 10.2. The number of rotatable bonds is 8. The number of carbonyl (C=O) groups excluding carboxylic acids is 2. The number of fused-ring (bicyclic) bond motifs is 1. The number of carbonyl (C=O) groups is 2. The number of amides is 1. The maximum atomic E-state index is 12.8. The van der Waals surface area contributed by atoms with E-state index in [9.17, 15) is 9.59 Å². The van der Waals surface area contributed by atoms with Crippen LogP contribution in [0.3, 0.4) is 0 Å². The van der Waals surface area contributed by atoms with Crippen molar-refractivity contribution in [2.45, 2.75) is 58.5 Å². The van der Waals surface area contributed by atoms with Gasteiger partial charge in [-0.2, -0.15) is 0 Å². The second-order valence-corrected chi connectivity index (χ2v) is 10.5. The van der Waals surface area contributed by atoms with E-state index in [0.29, 0.717) is 23.7 Å². The zero-order valence-corrected chi connectivity index (χ0v) is 20.0. The Morgan fingerprint density at radius 2 is 1.90 bits per heavy atom. The molecular weight excluding hydrogens is 410 g/mol. The van der Waals surface area contributed by atoms with Gasteiger partial charge in [-0.05, 0) is 45.7 Å².